The Morgan fingerprint density at radius 3 is 2.31 bits per heavy atom. The molecule has 0 aromatic heterocycles. The number of carbonyl (C=O) groups is 2. The Bertz CT molecular complexity index is 945. The lowest BCUT2D eigenvalue weighted by Crippen LogP contribution is -2.41. The quantitative estimate of drug-likeness (QED) is 0.185. The Hall–Kier alpha value is -2.22. The Labute approximate surface area is 178 Å². The number of benzene rings is 2. The highest BCUT2D eigenvalue weighted by atomic mass is 35.5. The number of unbranched alkanes of at least 4 members (excludes halogenated alkanes) is 1. The molecular formula is C20H21Cl2N3O4. The zero-order valence-corrected chi connectivity index (χ0v) is 17.3. The normalized spacial score (nSPS) is 13.6. The van der Waals surface area contributed by atoms with E-state index in [2.05, 4.69) is 4.90 Å². The van der Waals surface area contributed by atoms with Crippen LogP contribution in [0.1, 0.15) is 33.6 Å². The van der Waals surface area contributed by atoms with Crippen molar-refractivity contribution < 1.29 is 14.5 Å². The van der Waals surface area contributed by atoms with Gasteiger partial charge < -0.3 is 4.90 Å². The summed E-state index contributed by atoms with van der Waals surface area (Å²) in [5.41, 5.74) is 0.443. The van der Waals surface area contributed by atoms with Crippen LogP contribution >= 0.6 is 23.2 Å². The van der Waals surface area contributed by atoms with Gasteiger partial charge in [-0.25, -0.2) is 0 Å². The standard InChI is InChI=1S/C20H21Cl2N3O4/c21-6-10-23(11-7-22)8-1-2-9-24-19(26)16-5-3-4-14-12-15(25(28)29)13-17(18(14)16)20(24)27/h3-5,12-13H,1-2,6-11H2. The molecule has 9 heteroatoms. The number of carbonyl (C=O) groups excluding carboxylic acids is 2. The van der Waals surface area contributed by atoms with E-state index in [1.165, 1.54) is 17.0 Å². The summed E-state index contributed by atoms with van der Waals surface area (Å²) in [5.74, 6) is 0.181. The first kappa shape index (κ1) is 21.5. The molecule has 1 aliphatic heterocycles. The number of halogens is 2. The fraction of sp³-hybridized carbons (Fsp3) is 0.400. The van der Waals surface area contributed by atoms with Gasteiger partial charge in [0.25, 0.3) is 17.5 Å². The summed E-state index contributed by atoms with van der Waals surface area (Å²) in [4.78, 5) is 39.9. The summed E-state index contributed by atoms with van der Waals surface area (Å²) in [5, 5.41) is 12.2. The van der Waals surface area contributed by atoms with Crippen molar-refractivity contribution in [3.63, 3.8) is 0 Å². The van der Waals surface area contributed by atoms with E-state index in [9.17, 15) is 19.7 Å². The molecule has 0 spiro atoms. The molecule has 2 aromatic rings. The summed E-state index contributed by atoms with van der Waals surface area (Å²) in [6, 6.07) is 7.65. The minimum atomic E-state index is -0.529. The van der Waals surface area contributed by atoms with Gasteiger partial charge in [0, 0.05) is 54.5 Å². The first-order chi connectivity index (χ1) is 14.0. The first-order valence-corrected chi connectivity index (χ1v) is 10.5. The third-order valence-electron chi connectivity index (χ3n) is 5.03. The molecule has 1 heterocycles. The highest BCUT2D eigenvalue weighted by Gasteiger charge is 2.33. The monoisotopic (exact) mass is 437 g/mol. The van der Waals surface area contributed by atoms with E-state index in [0.29, 0.717) is 34.5 Å². The van der Waals surface area contributed by atoms with Gasteiger partial charge in [-0.05, 0) is 30.8 Å². The second kappa shape index (κ2) is 9.52. The van der Waals surface area contributed by atoms with E-state index in [1.54, 1.807) is 18.2 Å². The van der Waals surface area contributed by atoms with Crippen molar-refractivity contribution in [3.8, 4) is 0 Å². The molecule has 0 unspecified atom stereocenters. The fourth-order valence-corrected chi connectivity index (χ4v) is 4.11. The molecule has 0 atom stereocenters. The lowest BCUT2D eigenvalue weighted by molar-refractivity contribution is -0.384. The van der Waals surface area contributed by atoms with Crippen molar-refractivity contribution in [3.05, 3.63) is 51.6 Å². The average Bonchev–Trinajstić information content (AvgIpc) is 2.71. The van der Waals surface area contributed by atoms with Gasteiger partial charge in [-0.1, -0.05) is 12.1 Å². The average molecular weight is 438 g/mol. The van der Waals surface area contributed by atoms with Gasteiger partial charge in [-0.3, -0.25) is 24.6 Å². The van der Waals surface area contributed by atoms with Crippen LogP contribution in [0.5, 0.6) is 0 Å². The van der Waals surface area contributed by atoms with Gasteiger partial charge >= 0.3 is 0 Å². The molecule has 0 bridgehead atoms. The van der Waals surface area contributed by atoms with Crippen molar-refractivity contribution in [1.29, 1.82) is 0 Å². The minimum absolute atomic E-state index is 0.162. The third-order valence-corrected chi connectivity index (χ3v) is 5.37. The fourth-order valence-electron chi connectivity index (χ4n) is 3.63. The summed E-state index contributed by atoms with van der Waals surface area (Å²) in [7, 11) is 0. The maximum absolute atomic E-state index is 13.0. The van der Waals surface area contributed by atoms with Crippen LogP contribution in [0.2, 0.25) is 0 Å². The summed E-state index contributed by atoms with van der Waals surface area (Å²) >= 11 is 11.6. The van der Waals surface area contributed by atoms with Crippen LogP contribution in [0.25, 0.3) is 10.8 Å². The number of nitrogens with zero attached hydrogens (tertiary/aromatic N) is 3. The molecule has 29 heavy (non-hydrogen) atoms. The molecule has 0 saturated heterocycles. The smallest absolute Gasteiger partial charge is 0.270 e. The van der Waals surface area contributed by atoms with Crippen LogP contribution in [-0.2, 0) is 0 Å². The maximum Gasteiger partial charge on any atom is 0.270 e. The Kier molecular flexibility index (Phi) is 7.05. The van der Waals surface area contributed by atoms with Gasteiger partial charge in [0.15, 0.2) is 0 Å². The van der Waals surface area contributed by atoms with Gasteiger partial charge in [0.1, 0.15) is 0 Å². The highest BCUT2D eigenvalue weighted by Crippen LogP contribution is 2.33. The number of alkyl halides is 2. The van der Waals surface area contributed by atoms with Gasteiger partial charge in [0.05, 0.1) is 10.5 Å². The Morgan fingerprint density at radius 2 is 1.66 bits per heavy atom. The van der Waals surface area contributed by atoms with Crippen molar-refractivity contribution in [2.24, 2.45) is 0 Å². The van der Waals surface area contributed by atoms with Crippen LogP contribution in [-0.4, -0.2) is 64.5 Å². The summed E-state index contributed by atoms with van der Waals surface area (Å²) in [6.07, 6.45) is 1.40. The summed E-state index contributed by atoms with van der Waals surface area (Å²) < 4.78 is 0. The number of amides is 2. The van der Waals surface area contributed by atoms with Crippen LogP contribution in [0.3, 0.4) is 0 Å². The van der Waals surface area contributed by atoms with Crippen molar-refractivity contribution in [1.82, 2.24) is 9.80 Å². The Morgan fingerprint density at radius 1 is 0.966 bits per heavy atom. The zero-order chi connectivity index (χ0) is 21.0. The minimum Gasteiger partial charge on any atom is -0.301 e. The van der Waals surface area contributed by atoms with E-state index >= 15 is 0 Å². The molecule has 0 N–H and O–H groups in total. The van der Waals surface area contributed by atoms with Crippen LogP contribution in [0.4, 0.5) is 5.69 Å². The predicted molar refractivity (Wildman–Crippen MR) is 113 cm³/mol. The first-order valence-electron chi connectivity index (χ1n) is 9.39. The Balaban J connectivity index is 1.78. The SMILES string of the molecule is O=C1c2cccc3cc([N+](=O)[O-])cc(c23)C(=O)N1CCCCN(CCCl)CCCl. The largest absolute Gasteiger partial charge is 0.301 e. The molecule has 2 amide bonds. The molecule has 0 saturated carbocycles. The number of nitro benzene ring substituents is 1. The van der Waals surface area contributed by atoms with Gasteiger partial charge in [-0.15, -0.1) is 23.2 Å². The molecule has 7 nitrogen and oxygen atoms in total. The van der Waals surface area contributed by atoms with Crippen LogP contribution in [0, 0.1) is 10.1 Å². The highest BCUT2D eigenvalue weighted by molar-refractivity contribution is 6.25. The molecule has 1 aliphatic rings. The van der Waals surface area contributed by atoms with E-state index in [0.717, 1.165) is 26.1 Å². The van der Waals surface area contributed by atoms with Crippen molar-refractivity contribution in [2.75, 3.05) is 37.9 Å². The van der Waals surface area contributed by atoms with Crippen molar-refractivity contribution in [2.45, 2.75) is 12.8 Å². The topological polar surface area (TPSA) is 83.8 Å². The number of nitro groups is 1. The number of imide groups is 1. The molecule has 3 rings (SSSR count). The zero-order valence-electron chi connectivity index (χ0n) is 15.8. The second-order valence-corrected chi connectivity index (χ2v) is 7.60. The molecule has 0 fully saturated rings. The molecule has 0 radical (unpaired) electrons. The summed E-state index contributed by atoms with van der Waals surface area (Å²) in [6.45, 7) is 2.49. The van der Waals surface area contributed by atoms with Crippen LogP contribution < -0.4 is 0 Å². The predicted octanol–water partition coefficient (Wildman–Crippen LogP) is 3.90. The number of hydrogen-bond donors (Lipinski definition) is 0. The van der Waals surface area contributed by atoms with Gasteiger partial charge in [0.2, 0.25) is 0 Å². The number of hydrogen-bond acceptors (Lipinski definition) is 5. The van der Waals surface area contributed by atoms with E-state index in [-0.39, 0.29) is 23.7 Å². The lowest BCUT2D eigenvalue weighted by Gasteiger charge is -2.27. The number of non-ortho nitro benzene ring substituents is 1. The third kappa shape index (κ3) is 4.52. The molecular weight excluding hydrogens is 417 g/mol. The van der Waals surface area contributed by atoms with E-state index in [4.69, 9.17) is 23.2 Å². The maximum atomic E-state index is 13.0. The lowest BCUT2D eigenvalue weighted by atomic mass is 9.93. The van der Waals surface area contributed by atoms with E-state index < -0.39 is 10.8 Å². The molecule has 154 valence electrons. The number of rotatable bonds is 10. The molecule has 0 aliphatic carbocycles. The van der Waals surface area contributed by atoms with Crippen molar-refractivity contribution >= 4 is 51.5 Å². The van der Waals surface area contributed by atoms with Crippen LogP contribution in [0.15, 0.2) is 30.3 Å². The molecule has 2 aromatic carbocycles. The van der Waals surface area contributed by atoms with Gasteiger partial charge in [-0.2, -0.15) is 0 Å². The van der Waals surface area contributed by atoms with E-state index in [1.807, 2.05) is 0 Å². The second-order valence-electron chi connectivity index (χ2n) is 6.84.